The number of rotatable bonds is 6. The molecule has 19 heavy (non-hydrogen) atoms. The quantitative estimate of drug-likeness (QED) is 0.810. The molecule has 0 bridgehead atoms. The molecule has 0 aliphatic heterocycles. The van der Waals surface area contributed by atoms with Gasteiger partial charge in [-0.3, -0.25) is 4.79 Å². The van der Waals surface area contributed by atoms with E-state index in [0.717, 1.165) is 0 Å². The van der Waals surface area contributed by atoms with E-state index in [1.807, 2.05) is 0 Å². The summed E-state index contributed by atoms with van der Waals surface area (Å²) in [4.78, 5) is 10.8. The number of hydrogen-bond acceptors (Lipinski definition) is 4. The third-order valence-corrected chi connectivity index (χ3v) is 4.18. The third kappa shape index (κ3) is 4.35. The molecule has 0 spiro atoms. The van der Waals surface area contributed by atoms with Crippen molar-refractivity contribution < 1.29 is 18.3 Å². The molecule has 1 aromatic carbocycles. The molecule has 0 aliphatic rings. The second kappa shape index (κ2) is 6.31. The Morgan fingerprint density at radius 1 is 1.42 bits per heavy atom. The molecule has 0 aliphatic carbocycles. The highest BCUT2D eigenvalue weighted by Gasteiger charge is 2.26. The Morgan fingerprint density at radius 2 is 2.00 bits per heavy atom. The Labute approximate surface area is 111 Å². The second-order valence-corrected chi connectivity index (χ2v) is 6.03. The Morgan fingerprint density at radius 3 is 2.47 bits per heavy atom. The van der Waals surface area contributed by atoms with Crippen LogP contribution < -0.4 is 4.72 Å². The molecule has 7 heteroatoms. The van der Waals surface area contributed by atoms with Crippen LogP contribution in [0.5, 0.6) is 0 Å². The number of aliphatic carboxylic acids is 1. The van der Waals surface area contributed by atoms with Gasteiger partial charge in [0.15, 0.2) is 5.25 Å². The van der Waals surface area contributed by atoms with Crippen molar-refractivity contribution in [1.82, 2.24) is 4.72 Å². The number of carboxylic acid groups (broad SMARTS) is 1. The predicted octanol–water partition coefficient (Wildman–Crippen LogP) is 1.03. The zero-order valence-electron chi connectivity index (χ0n) is 10.3. The molecule has 0 radical (unpaired) electrons. The lowest BCUT2D eigenvalue weighted by molar-refractivity contribution is -0.137. The maximum absolute atomic E-state index is 11.8. The monoisotopic (exact) mass is 282 g/mol. The van der Waals surface area contributed by atoms with Gasteiger partial charge in [-0.2, -0.15) is 5.26 Å². The molecular weight excluding hydrogens is 268 g/mol. The number of sulfonamides is 1. The Kier molecular flexibility index (Phi) is 5.03. The van der Waals surface area contributed by atoms with Gasteiger partial charge in [-0.15, -0.1) is 0 Å². The average Bonchev–Trinajstić information content (AvgIpc) is 2.37. The first-order valence-corrected chi connectivity index (χ1v) is 7.09. The van der Waals surface area contributed by atoms with E-state index >= 15 is 0 Å². The zero-order valence-corrected chi connectivity index (χ0v) is 11.1. The van der Waals surface area contributed by atoms with Crippen LogP contribution in [0.3, 0.4) is 0 Å². The molecule has 1 rings (SSSR count). The van der Waals surface area contributed by atoms with Crippen molar-refractivity contribution >= 4 is 16.0 Å². The molecule has 0 heterocycles. The first kappa shape index (κ1) is 15.1. The molecule has 102 valence electrons. The summed E-state index contributed by atoms with van der Waals surface area (Å²) in [6.07, 6.45) is -0.388. The third-order valence-electron chi connectivity index (χ3n) is 2.53. The van der Waals surface area contributed by atoms with Crippen molar-refractivity contribution in [2.45, 2.75) is 24.6 Å². The molecule has 0 saturated heterocycles. The highest BCUT2D eigenvalue weighted by atomic mass is 32.2. The number of benzene rings is 1. The minimum absolute atomic E-state index is 0.388. The van der Waals surface area contributed by atoms with E-state index in [-0.39, 0.29) is 6.42 Å². The van der Waals surface area contributed by atoms with Crippen molar-refractivity contribution in [3.63, 3.8) is 0 Å². The van der Waals surface area contributed by atoms with Gasteiger partial charge < -0.3 is 5.11 Å². The van der Waals surface area contributed by atoms with Crippen LogP contribution in [0.15, 0.2) is 30.3 Å². The van der Waals surface area contributed by atoms with Gasteiger partial charge in [0.25, 0.3) is 0 Å². The van der Waals surface area contributed by atoms with Gasteiger partial charge in [0, 0.05) is 0 Å². The van der Waals surface area contributed by atoms with E-state index in [2.05, 4.69) is 4.72 Å². The summed E-state index contributed by atoms with van der Waals surface area (Å²) in [6.45, 7) is 1.24. The molecular formula is C12H14N2O4S. The molecule has 0 amide bonds. The summed E-state index contributed by atoms with van der Waals surface area (Å²) in [5, 5.41) is 16.2. The Bertz CT molecular complexity index is 577. The highest BCUT2D eigenvalue weighted by Crippen LogP contribution is 2.18. The summed E-state index contributed by atoms with van der Waals surface area (Å²) in [6, 6.07) is 9.11. The number of hydrogen-bond donors (Lipinski definition) is 2. The Balaban J connectivity index is 3.01. The van der Waals surface area contributed by atoms with Crippen LogP contribution in [0.4, 0.5) is 0 Å². The van der Waals surface area contributed by atoms with Gasteiger partial charge in [-0.05, 0) is 12.5 Å². The van der Waals surface area contributed by atoms with Crippen LogP contribution in [0, 0.1) is 11.3 Å². The number of carboxylic acids is 1. The fourth-order valence-electron chi connectivity index (χ4n) is 1.46. The van der Waals surface area contributed by atoms with Crippen molar-refractivity contribution in [3.8, 4) is 6.07 Å². The van der Waals surface area contributed by atoms with Crippen molar-refractivity contribution in [2.75, 3.05) is 0 Å². The zero-order chi connectivity index (χ0) is 14.5. The molecule has 0 aromatic heterocycles. The van der Waals surface area contributed by atoms with E-state index in [4.69, 9.17) is 10.4 Å². The van der Waals surface area contributed by atoms with Crippen molar-refractivity contribution in [1.29, 1.82) is 5.26 Å². The van der Waals surface area contributed by atoms with E-state index in [1.54, 1.807) is 36.4 Å². The van der Waals surface area contributed by atoms with Crippen LogP contribution in [0.25, 0.3) is 0 Å². The van der Waals surface area contributed by atoms with Crippen LogP contribution in [-0.2, 0) is 14.8 Å². The molecule has 0 fully saturated rings. The number of carbonyl (C=O) groups is 1. The lowest BCUT2D eigenvalue weighted by atomic mass is 10.1. The minimum Gasteiger partial charge on any atom is -0.481 e. The fourth-order valence-corrected chi connectivity index (χ4v) is 2.42. The predicted molar refractivity (Wildman–Crippen MR) is 68.6 cm³/mol. The number of nitriles is 1. The number of nitrogens with zero attached hydrogens (tertiary/aromatic N) is 1. The first-order chi connectivity index (χ1) is 8.86. The Hall–Kier alpha value is -1.91. The highest BCUT2D eigenvalue weighted by molar-refractivity contribution is 7.90. The van der Waals surface area contributed by atoms with Gasteiger partial charge in [0.2, 0.25) is 10.0 Å². The average molecular weight is 282 g/mol. The summed E-state index contributed by atoms with van der Waals surface area (Å²) < 4.78 is 25.9. The van der Waals surface area contributed by atoms with Crippen LogP contribution in [0.1, 0.15) is 24.9 Å². The van der Waals surface area contributed by atoms with Gasteiger partial charge >= 0.3 is 5.97 Å². The lowest BCUT2D eigenvalue weighted by Gasteiger charge is -2.18. The van der Waals surface area contributed by atoms with Crippen LogP contribution >= 0.6 is 0 Å². The van der Waals surface area contributed by atoms with Gasteiger partial charge in [0.1, 0.15) is 0 Å². The second-order valence-electron chi connectivity index (χ2n) is 4.00. The van der Waals surface area contributed by atoms with Crippen molar-refractivity contribution in [3.05, 3.63) is 35.9 Å². The lowest BCUT2D eigenvalue weighted by Crippen LogP contribution is -2.35. The van der Waals surface area contributed by atoms with Crippen molar-refractivity contribution in [2.24, 2.45) is 0 Å². The topological polar surface area (TPSA) is 107 Å². The molecule has 0 saturated carbocycles. The van der Waals surface area contributed by atoms with Gasteiger partial charge in [-0.1, -0.05) is 30.3 Å². The smallest absolute Gasteiger partial charge is 0.305 e. The fraction of sp³-hybridized carbons (Fsp3) is 0.333. The van der Waals surface area contributed by atoms with Gasteiger partial charge in [0.05, 0.1) is 18.5 Å². The first-order valence-electron chi connectivity index (χ1n) is 5.54. The van der Waals surface area contributed by atoms with Crippen LogP contribution in [-0.4, -0.2) is 24.7 Å². The van der Waals surface area contributed by atoms with E-state index in [0.29, 0.717) is 5.56 Å². The van der Waals surface area contributed by atoms with E-state index < -0.39 is 27.3 Å². The molecule has 2 atom stereocenters. The maximum atomic E-state index is 11.8. The van der Waals surface area contributed by atoms with Crippen LogP contribution in [0.2, 0.25) is 0 Å². The minimum atomic E-state index is -3.88. The maximum Gasteiger partial charge on any atom is 0.305 e. The SMILES string of the molecule is CC(C#N)S(=O)(=O)NC(CC(=O)O)c1ccccc1. The van der Waals surface area contributed by atoms with Gasteiger partial charge in [-0.25, -0.2) is 13.1 Å². The normalized spacial score (nSPS) is 14.3. The molecule has 6 nitrogen and oxygen atoms in total. The summed E-state index contributed by atoms with van der Waals surface area (Å²) in [5.41, 5.74) is 0.540. The van der Waals surface area contributed by atoms with E-state index in [1.165, 1.54) is 6.92 Å². The summed E-state index contributed by atoms with van der Waals surface area (Å²) in [5.74, 6) is -1.12. The largest absolute Gasteiger partial charge is 0.481 e. The summed E-state index contributed by atoms with van der Waals surface area (Å²) >= 11 is 0. The molecule has 2 N–H and O–H groups in total. The molecule has 1 aromatic rings. The van der Waals surface area contributed by atoms with E-state index in [9.17, 15) is 13.2 Å². The molecule has 2 unspecified atom stereocenters. The summed E-state index contributed by atoms with van der Waals surface area (Å²) in [7, 11) is -3.88. The number of nitrogens with one attached hydrogen (secondary N) is 1. The standard InChI is InChI=1S/C12H14N2O4S/c1-9(8-13)19(17,18)14-11(7-12(15)16)10-5-3-2-4-6-10/h2-6,9,11,14H,7H2,1H3,(H,15,16).